The molecule has 0 aromatic rings. The number of carbonyl (C=O) groups excluding carboxylic acids is 1. The van der Waals surface area contributed by atoms with Gasteiger partial charge in [0.15, 0.2) is 0 Å². The molecule has 0 aromatic carbocycles. The summed E-state index contributed by atoms with van der Waals surface area (Å²) < 4.78 is 0. The largest absolute Gasteiger partial charge is 0.340 e. The molecule has 2 fully saturated rings. The quantitative estimate of drug-likeness (QED) is 0.840. The van der Waals surface area contributed by atoms with E-state index in [0.717, 1.165) is 39.0 Å². The lowest BCUT2D eigenvalue weighted by molar-refractivity contribution is -0.135. The van der Waals surface area contributed by atoms with Crippen LogP contribution in [0, 0.1) is 5.92 Å². The lowest BCUT2D eigenvalue weighted by Gasteiger charge is -2.42. The van der Waals surface area contributed by atoms with Crippen molar-refractivity contribution < 1.29 is 4.79 Å². The zero-order valence-electron chi connectivity index (χ0n) is 13.4. The van der Waals surface area contributed by atoms with Crippen LogP contribution in [0.5, 0.6) is 0 Å². The SMILES string of the molecule is CC(C)(C)N1CCN(C(=O)CC2CCCCC2N)CC1. The molecule has 1 saturated heterocycles. The van der Waals surface area contributed by atoms with Gasteiger partial charge in [0.2, 0.25) is 5.91 Å². The molecule has 1 aliphatic carbocycles. The average Bonchev–Trinajstić information content (AvgIpc) is 2.40. The fourth-order valence-corrected chi connectivity index (χ4v) is 3.47. The second-order valence-corrected chi connectivity index (χ2v) is 7.45. The molecule has 0 aromatic heterocycles. The van der Waals surface area contributed by atoms with Crippen molar-refractivity contribution in [3.8, 4) is 0 Å². The van der Waals surface area contributed by atoms with Crippen molar-refractivity contribution in [3.63, 3.8) is 0 Å². The molecule has 2 unspecified atom stereocenters. The molecule has 2 N–H and O–H groups in total. The minimum absolute atomic E-state index is 0.209. The van der Waals surface area contributed by atoms with Crippen LogP contribution in [0.25, 0.3) is 0 Å². The highest BCUT2D eigenvalue weighted by Crippen LogP contribution is 2.26. The summed E-state index contributed by atoms with van der Waals surface area (Å²) in [7, 11) is 0. The molecule has 0 bridgehead atoms. The normalized spacial score (nSPS) is 29.5. The monoisotopic (exact) mass is 281 g/mol. The highest BCUT2D eigenvalue weighted by atomic mass is 16.2. The van der Waals surface area contributed by atoms with Gasteiger partial charge in [-0.2, -0.15) is 0 Å². The van der Waals surface area contributed by atoms with Gasteiger partial charge in [-0.05, 0) is 39.5 Å². The molecule has 4 heteroatoms. The Bertz CT molecular complexity index is 329. The smallest absolute Gasteiger partial charge is 0.222 e. The first-order valence-corrected chi connectivity index (χ1v) is 8.16. The summed E-state index contributed by atoms with van der Waals surface area (Å²) in [5.41, 5.74) is 6.37. The van der Waals surface area contributed by atoms with E-state index in [1.165, 1.54) is 12.8 Å². The van der Waals surface area contributed by atoms with Gasteiger partial charge in [0, 0.05) is 44.2 Å². The van der Waals surface area contributed by atoms with Gasteiger partial charge >= 0.3 is 0 Å². The highest BCUT2D eigenvalue weighted by Gasteiger charge is 2.30. The van der Waals surface area contributed by atoms with Crippen LogP contribution in [0.4, 0.5) is 0 Å². The number of hydrogen-bond donors (Lipinski definition) is 1. The van der Waals surface area contributed by atoms with Gasteiger partial charge in [-0.25, -0.2) is 0 Å². The summed E-state index contributed by atoms with van der Waals surface area (Å²) in [6.45, 7) is 10.5. The molecule has 20 heavy (non-hydrogen) atoms. The zero-order valence-corrected chi connectivity index (χ0v) is 13.4. The van der Waals surface area contributed by atoms with Gasteiger partial charge in [0.25, 0.3) is 0 Å². The Balaban J connectivity index is 1.80. The maximum atomic E-state index is 12.4. The Hall–Kier alpha value is -0.610. The fourth-order valence-electron chi connectivity index (χ4n) is 3.47. The minimum Gasteiger partial charge on any atom is -0.340 e. The highest BCUT2D eigenvalue weighted by molar-refractivity contribution is 5.76. The van der Waals surface area contributed by atoms with E-state index in [1.54, 1.807) is 0 Å². The Morgan fingerprint density at radius 1 is 1.10 bits per heavy atom. The summed E-state index contributed by atoms with van der Waals surface area (Å²) in [6, 6.07) is 0.239. The fraction of sp³-hybridized carbons (Fsp3) is 0.938. The molecule has 1 aliphatic heterocycles. The van der Waals surface area contributed by atoms with Crippen LogP contribution in [0.1, 0.15) is 52.9 Å². The minimum atomic E-state index is 0.209. The third-order valence-corrected chi connectivity index (χ3v) is 4.99. The third-order valence-electron chi connectivity index (χ3n) is 4.99. The van der Waals surface area contributed by atoms with Crippen molar-refractivity contribution in [1.29, 1.82) is 0 Å². The van der Waals surface area contributed by atoms with E-state index in [2.05, 4.69) is 25.7 Å². The number of piperazine rings is 1. The second kappa shape index (κ2) is 6.44. The van der Waals surface area contributed by atoms with Crippen LogP contribution in [-0.4, -0.2) is 53.5 Å². The number of hydrogen-bond acceptors (Lipinski definition) is 3. The van der Waals surface area contributed by atoms with Crippen molar-refractivity contribution in [1.82, 2.24) is 9.80 Å². The van der Waals surface area contributed by atoms with Gasteiger partial charge in [0.05, 0.1) is 0 Å². The zero-order chi connectivity index (χ0) is 14.8. The van der Waals surface area contributed by atoms with Crippen molar-refractivity contribution in [3.05, 3.63) is 0 Å². The Labute approximate surface area is 123 Å². The van der Waals surface area contributed by atoms with Gasteiger partial charge in [-0.15, -0.1) is 0 Å². The number of amides is 1. The van der Waals surface area contributed by atoms with Crippen LogP contribution in [0.15, 0.2) is 0 Å². The molecule has 2 rings (SSSR count). The number of nitrogens with two attached hydrogens (primary N) is 1. The van der Waals surface area contributed by atoms with E-state index in [1.807, 2.05) is 4.90 Å². The van der Waals surface area contributed by atoms with E-state index < -0.39 is 0 Å². The van der Waals surface area contributed by atoms with Crippen molar-refractivity contribution >= 4 is 5.91 Å². The molecule has 0 spiro atoms. The van der Waals surface area contributed by atoms with Crippen molar-refractivity contribution in [2.45, 2.75) is 64.5 Å². The number of rotatable bonds is 2. The van der Waals surface area contributed by atoms with Gasteiger partial charge < -0.3 is 10.6 Å². The summed E-state index contributed by atoms with van der Waals surface area (Å²) in [6.07, 6.45) is 5.36. The van der Waals surface area contributed by atoms with E-state index in [0.29, 0.717) is 18.2 Å². The molecule has 0 radical (unpaired) electrons. The average molecular weight is 281 g/mol. The van der Waals surface area contributed by atoms with Gasteiger partial charge in [-0.3, -0.25) is 9.69 Å². The molecule has 2 atom stereocenters. The van der Waals surface area contributed by atoms with E-state index >= 15 is 0 Å². The molecule has 1 saturated carbocycles. The first-order chi connectivity index (χ1) is 9.38. The van der Waals surface area contributed by atoms with Gasteiger partial charge in [0.1, 0.15) is 0 Å². The topological polar surface area (TPSA) is 49.6 Å². The van der Waals surface area contributed by atoms with Crippen LogP contribution < -0.4 is 5.73 Å². The summed E-state index contributed by atoms with van der Waals surface area (Å²) >= 11 is 0. The lowest BCUT2D eigenvalue weighted by atomic mass is 9.82. The third kappa shape index (κ3) is 3.95. The maximum absolute atomic E-state index is 12.4. The number of carbonyl (C=O) groups is 1. The molecule has 1 heterocycles. The number of nitrogens with zero attached hydrogens (tertiary/aromatic N) is 2. The summed E-state index contributed by atoms with van der Waals surface area (Å²) in [5.74, 6) is 0.734. The molecular formula is C16H31N3O. The Morgan fingerprint density at radius 2 is 1.70 bits per heavy atom. The van der Waals surface area contributed by atoms with Crippen LogP contribution in [0.3, 0.4) is 0 Å². The van der Waals surface area contributed by atoms with Crippen molar-refractivity contribution in [2.75, 3.05) is 26.2 Å². The van der Waals surface area contributed by atoms with E-state index in [4.69, 9.17) is 5.73 Å². The molecule has 116 valence electrons. The Kier molecular flexibility index (Phi) is 5.08. The predicted octanol–water partition coefficient (Wildman–Crippen LogP) is 1.84. The standard InChI is InChI=1S/C16H31N3O/c1-16(2,3)19-10-8-18(9-11-19)15(20)12-13-6-4-5-7-14(13)17/h13-14H,4-12,17H2,1-3H3. The predicted molar refractivity (Wildman–Crippen MR) is 82.5 cm³/mol. The molecule has 2 aliphatic rings. The van der Waals surface area contributed by atoms with Crippen LogP contribution in [0.2, 0.25) is 0 Å². The van der Waals surface area contributed by atoms with Crippen LogP contribution >= 0.6 is 0 Å². The van der Waals surface area contributed by atoms with Gasteiger partial charge in [-0.1, -0.05) is 12.8 Å². The van der Waals surface area contributed by atoms with Crippen LogP contribution in [-0.2, 0) is 4.79 Å². The molecular weight excluding hydrogens is 250 g/mol. The maximum Gasteiger partial charge on any atom is 0.222 e. The summed E-state index contributed by atoms with van der Waals surface area (Å²) in [4.78, 5) is 16.9. The first kappa shape index (κ1) is 15.8. The van der Waals surface area contributed by atoms with Crippen molar-refractivity contribution in [2.24, 2.45) is 11.7 Å². The van der Waals surface area contributed by atoms with E-state index in [9.17, 15) is 4.79 Å². The molecule has 1 amide bonds. The lowest BCUT2D eigenvalue weighted by Crippen LogP contribution is -2.55. The second-order valence-electron chi connectivity index (χ2n) is 7.45. The summed E-state index contributed by atoms with van der Waals surface area (Å²) in [5, 5.41) is 0. The molecule has 4 nitrogen and oxygen atoms in total. The first-order valence-electron chi connectivity index (χ1n) is 8.16. The Morgan fingerprint density at radius 3 is 2.25 bits per heavy atom. The van der Waals surface area contributed by atoms with E-state index in [-0.39, 0.29) is 11.6 Å².